The van der Waals surface area contributed by atoms with Gasteiger partial charge in [0, 0.05) is 88.5 Å². The van der Waals surface area contributed by atoms with Crippen molar-refractivity contribution in [3.05, 3.63) is 520 Å². The highest BCUT2D eigenvalue weighted by Gasteiger charge is 2.21. The van der Waals surface area contributed by atoms with E-state index in [2.05, 4.69) is 497 Å². The Kier molecular flexibility index (Phi) is 22.9. The van der Waals surface area contributed by atoms with Crippen molar-refractivity contribution in [2.75, 3.05) is 15.1 Å². The minimum absolute atomic E-state index is 0.740. The van der Waals surface area contributed by atoms with E-state index in [0.717, 1.165) is 78.0 Å². The normalized spacial score (nSPS) is 11.1. The Labute approximate surface area is 751 Å². The molecule has 604 valence electrons. The van der Waals surface area contributed by atoms with Crippen molar-refractivity contribution < 1.29 is 0 Å². The topological polar surface area (TPSA) is 28.4 Å². The Bertz CT molecular complexity index is 7220. The van der Waals surface area contributed by atoms with Crippen LogP contribution in [0.4, 0.5) is 45.5 Å². The molecule has 0 radical (unpaired) electrons. The number of halogens is 2. The van der Waals surface area contributed by atoms with Gasteiger partial charge >= 0.3 is 0 Å². The summed E-state index contributed by atoms with van der Waals surface area (Å²) in [6.45, 7) is 0. The maximum Gasteiger partial charge on any atom is 0.0541 e. The Morgan fingerprint density at radius 1 is 0.157 bits per heavy atom. The van der Waals surface area contributed by atoms with Crippen LogP contribution in [0.25, 0.3) is 144 Å². The van der Waals surface area contributed by atoms with Gasteiger partial charge in [0.25, 0.3) is 0 Å². The van der Waals surface area contributed by atoms with Crippen LogP contribution in [-0.4, -0.2) is 9.13 Å². The first-order valence-electron chi connectivity index (χ1n) is 42.9. The van der Waals surface area contributed by atoms with Gasteiger partial charge in [-0.1, -0.05) is 351 Å². The molecule has 0 atom stereocenters. The standard InChI is InChI=1S/C72H51N3.C24H15Cl2N.C24H19N/c1-5-15-52(16-6-1)56-25-36-62(37-26-56)73(63-38-27-57(28-39-63)53-17-7-2-8-18-53)66-44-33-60(34-45-66)61-35-50-72-70(51-61)69-23-13-14-24-71(69)75(72)68-48-46-67(47-49-68)74(64-40-29-58(30-41-64)54-19-9-3-10-20-54)65-42-31-59(32-43-65)55-21-11-4-12-22-55;25-18-8-5-16(6-9-18)17-7-14-24-22(15-17)21-3-1-2-4-23(21)27(24)20-12-10-19(26)11-13-20;1-3-7-19(8-4-1)21-11-15-23(16-12-21)25-24-17-13-22(14-18-24)20-9-5-2-6-10-20/h1-51H;1-15H;1-18,25H. The number of nitrogens with zero attached hydrogens (tertiary/aromatic N) is 4. The molecule has 0 unspecified atom stereocenters. The lowest BCUT2D eigenvalue weighted by atomic mass is 10.0. The van der Waals surface area contributed by atoms with E-state index in [1.807, 2.05) is 36.4 Å². The molecule has 2 aromatic heterocycles. The van der Waals surface area contributed by atoms with Gasteiger partial charge in [-0.2, -0.15) is 0 Å². The first-order valence-corrected chi connectivity index (χ1v) is 43.6. The molecule has 0 aliphatic carbocycles. The second-order valence-corrected chi connectivity index (χ2v) is 32.4. The van der Waals surface area contributed by atoms with Gasteiger partial charge in [0.2, 0.25) is 0 Å². The number of anilines is 8. The fourth-order valence-electron chi connectivity index (χ4n) is 17.2. The summed E-state index contributed by atoms with van der Waals surface area (Å²) < 4.78 is 4.69. The van der Waals surface area contributed by atoms with Crippen LogP contribution in [0.1, 0.15) is 0 Å². The van der Waals surface area contributed by atoms with Crippen molar-refractivity contribution in [1.82, 2.24) is 9.13 Å². The molecule has 0 aliphatic heterocycles. The van der Waals surface area contributed by atoms with Gasteiger partial charge in [-0.25, -0.2) is 0 Å². The molecular formula is C120H85Cl2N5. The lowest BCUT2D eigenvalue weighted by molar-refractivity contribution is 1.17. The number of benzene rings is 20. The third-order valence-corrected chi connectivity index (χ3v) is 24.1. The van der Waals surface area contributed by atoms with Crippen molar-refractivity contribution in [2.24, 2.45) is 0 Å². The molecule has 20 aromatic carbocycles. The van der Waals surface area contributed by atoms with Gasteiger partial charge < -0.3 is 24.3 Å². The van der Waals surface area contributed by atoms with Crippen LogP contribution in [0.5, 0.6) is 0 Å². The van der Waals surface area contributed by atoms with Gasteiger partial charge in [0.1, 0.15) is 0 Å². The zero-order valence-electron chi connectivity index (χ0n) is 69.5. The van der Waals surface area contributed by atoms with Gasteiger partial charge in [-0.15, -0.1) is 0 Å². The molecule has 0 bridgehead atoms. The van der Waals surface area contributed by atoms with Gasteiger partial charge in [-0.3, -0.25) is 0 Å². The highest BCUT2D eigenvalue weighted by Crippen LogP contribution is 2.44. The second kappa shape index (κ2) is 36.6. The van der Waals surface area contributed by atoms with E-state index >= 15 is 0 Å². The molecule has 0 saturated carbocycles. The predicted octanol–water partition coefficient (Wildman–Crippen LogP) is 34.6. The molecular weight excluding hydrogens is 1580 g/mol. The van der Waals surface area contributed by atoms with E-state index in [1.54, 1.807) is 0 Å². The average Bonchev–Trinajstić information content (AvgIpc) is 1.60. The Balaban J connectivity index is 0.000000157. The average molecular weight is 1670 g/mol. The highest BCUT2D eigenvalue weighted by molar-refractivity contribution is 6.31. The van der Waals surface area contributed by atoms with E-state index in [-0.39, 0.29) is 0 Å². The van der Waals surface area contributed by atoms with Crippen molar-refractivity contribution in [2.45, 2.75) is 0 Å². The van der Waals surface area contributed by atoms with Crippen LogP contribution in [0, 0.1) is 0 Å². The first kappa shape index (κ1) is 79.5. The van der Waals surface area contributed by atoms with Crippen LogP contribution < -0.4 is 15.1 Å². The predicted molar refractivity (Wildman–Crippen MR) is 541 cm³/mol. The fourth-order valence-corrected chi connectivity index (χ4v) is 17.4. The lowest BCUT2D eigenvalue weighted by Gasteiger charge is -2.26. The third kappa shape index (κ3) is 17.3. The number of hydrogen-bond acceptors (Lipinski definition) is 3. The lowest BCUT2D eigenvalue weighted by Crippen LogP contribution is -2.10. The number of fused-ring (bicyclic) bond motifs is 6. The van der Waals surface area contributed by atoms with E-state index in [0.29, 0.717) is 0 Å². The van der Waals surface area contributed by atoms with Crippen LogP contribution in [0.15, 0.2) is 510 Å². The van der Waals surface area contributed by atoms with Crippen LogP contribution in [-0.2, 0) is 0 Å². The van der Waals surface area contributed by atoms with Crippen molar-refractivity contribution >= 4 is 112 Å². The van der Waals surface area contributed by atoms with Crippen molar-refractivity contribution in [3.63, 3.8) is 0 Å². The quantitative estimate of drug-likeness (QED) is 0.0928. The minimum atomic E-state index is 0.740. The fraction of sp³-hybridized carbons (Fsp3) is 0. The number of rotatable bonds is 18. The molecule has 22 rings (SSSR count). The van der Waals surface area contributed by atoms with Crippen molar-refractivity contribution in [3.8, 4) is 100 Å². The number of aromatic nitrogens is 2. The molecule has 5 nitrogen and oxygen atoms in total. The maximum absolute atomic E-state index is 6.09. The smallest absolute Gasteiger partial charge is 0.0541 e. The Morgan fingerprint density at radius 2 is 0.346 bits per heavy atom. The summed E-state index contributed by atoms with van der Waals surface area (Å²) in [7, 11) is 0. The molecule has 127 heavy (non-hydrogen) atoms. The van der Waals surface area contributed by atoms with E-state index in [1.165, 1.54) is 122 Å². The van der Waals surface area contributed by atoms with Crippen molar-refractivity contribution in [1.29, 1.82) is 0 Å². The molecule has 1 N–H and O–H groups in total. The molecule has 0 spiro atoms. The Morgan fingerprint density at radius 3 is 0.622 bits per heavy atom. The number of para-hydroxylation sites is 2. The second-order valence-electron chi connectivity index (χ2n) is 31.5. The zero-order valence-corrected chi connectivity index (χ0v) is 71.1. The van der Waals surface area contributed by atoms with Gasteiger partial charge in [0.15, 0.2) is 0 Å². The molecule has 22 aromatic rings. The number of nitrogens with one attached hydrogen (secondary N) is 1. The zero-order chi connectivity index (χ0) is 85.2. The summed E-state index contributed by atoms with van der Waals surface area (Å²) in [6, 6.07) is 181. The van der Waals surface area contributed by atoms with E-state index in [9.17, 15) is 0 Å². The molecule has 0 saturated heterocycles. The van der Waals surface area contributed by atoms with Crippen LogP contribution >= 0.6 is 23.2 Å². The molecule has 2 heterocycles. The monoisotopic (exact) mass is 1670 g/mol. The summed E-state index contributed by atoms with van der Waals surface area (Å²) in [5.41, 5.74) is 34.8. The number of hydrogen-bond donors (Lipinski definition) is 1. The van der Waals surface area contributed by atoms with Gasteiger partial charge in [-0.05, 0) is 271 Å². The summed E-state index contributed by atoms with van der Waals surface area (Å²) in [4.78, 5) is 4.69. The summed E-state index contributed by atoms with van der Waals surface area (Å²) in [5, 5.41) is 9.85. The largest absolute Gasteiger partial charge is 0.356 e. The maximum atomic E-state index is 6.09. The first-order chi connectivity index (χ1) is 62.8. The molecule has 0 aliphatic rings. The molecule has 0 amide bonds. The van der Waals surface area contributed by atoms with Crippen LogP contribution in [0.3, 0.4) is 0 Å². The third-order valence-electron chi connectivity index (χ3n) is 23.6. The summed E-state index contributed by atoms with van der Waals surface area (Å²) in [5.74, 6) is 0. The highest BCUT2D eigenvalue weighted by atomic mass is 35.5. The van der Waals surface area contributed by atoms with Gasteiger partial charge in [0.05, 0.1) is 22.1 Å². The summed E-state index contributed by atoms with van der Waals surface area (Å²) >= 11 is 12.1. The Hall–Kier alpha value is -16.0. The van der Waals surface area contributed by atoms with E-state index in [4.69, 9.17) is 23.2 Å². The minimum Gasteiger partial charge on any atom is -0.356 e. The molecule has 7 heteroatoms. The van der Waals surface area contributed by atoms with Crippen LogP contribution in [0.2, 0.25) is 10.0 Å². The molecule has 0 fully saturated rings. The summed E-state index contributed by atoms with van der Waals surface area (Å²) in [6.07, 6.45) is 0. The van der Waals surface area contributed by atoms with E-state index < -0.39 is 0 Å². The SMILES string of the molecule is Clc1ccc(-c2ccc3c(c2)c2ccccc2n3-c2ccc(Cl)cc2)cc1.c1ccc(-c2ccc(N(c3ccc(-c4ccccc4)cc3)c3ccc(-c4ccc5c(c4)c4ccccc4n5-c4ccc(N(c5ccc(-c6ccccc6)cc5)c5ccc(-c6ccccc6)cc5)cc4)cc3)cc2)cc1.c1ccc(-c2ccc(Nc3ccc(-c4ccccc4)cc3)cc2)cc1.